The number of halogens is 3. The van der Waals surface area contributed by atoms with Gasteiger partial charge in [0, 0.05) is 35.1 Å². The minimum absolute atomic E-state index is 0.122. The summed E-state index contributed by atoms with van der Waals surface area (Å²) in [6, 6.07) is 8.42. The second kappa shape index (κ2) is 9.38. The quantitative estimate of drug-likeness (QED) is 0.441. The van der Waals surface area contributed by atoms with Gasteiger partial charge < -0.3 is 14.5 Å². The minimum atomic E-state index is -4.00. The van der Waals surface area contributed by atoms with Crippen molar-refractivity contribution in [2.24, 2.45) is 0 Å². The highest BCUT2D eigenvalue weighted by molar-refractivity contribution is 6.42. The largest absolute Gasteiger partial charge is 0.393 e. The van der Waals surface area contributed by atoms with Gasteiger partial charge in [0.05, 0.1) is 13.3 Å². The van der Waals surface area contributed by atoms with E-state index in [9.17, 15) is 28.0 Å². The van der Waals surface area contributed by atoms with Gasteiger partial charge in [-0.1, -0.05) is 35.9 Å². The van der Waals surface area contributed by atoms with Gasteiger partial charge in [0.2, 0.25) is 27.8 Å². The first-order valence-electron chi connectivity index (χ1n) is 10.8. The molecule has 4 amide bonds. The molecular formula is C22H13B5ClF2N3O4. The Kier molecular flexibility index (Phi) is 6.86. The van der Waals surface area contributed by atoms with Crippen LogP contribution in [-0.2, 0) is 26.9 Å². The van der Waals surface area contributed by atoms with Gasteiger partial charge in [-0.25, -0.2) is 0 Å². The molecule has 2 aromatic carbocycles. The van der Waals surface area contributed by atoms with Crippen LogP contribution in [0.1, 0.15) is 39.4 Å². The van der Waals surface area contributed by atoms with Crippen molar-refractivity contribution in [2.45, 2.75) is 36.1 Å². The first kappa shape index (κ1) is 27.0. The topological polar surface area (TPSA) is 78.0 Å². The molecule has 0 N–H and O–H groups in total. The lowest BCUT2D eigenvalue weighted by molar-refractivity contribution is -0.154. The predicted octanol–water partition coefficient (Wildman–Crippen LogP) is 0.831. The van der Waals surface area contributed by atoms with E-state index >= 15 is 0 Å². The highest BCUT2D eigenvalue weighted by Crippen LogP contribution is 2.40. The Morgan fingerprint density at radius 2 is 1.78 bits per heavy atom. The maximum absolute atomic E-state index is 14.8. The molecule has 0 aromatic heterocycles. The Hall–Kier alpha value is -3.01. The number of hydrogen-bond donors (Lipinski definition) is 0. The summed E-state index contributed by atoms with van der Waals surface area (Å²) >= 11 is 5.72. The summed E-state index contributed by atoms with van der Waals surface area (Å²) in [7, 11) is 29.4. The van der Waals surface area contributed by atoms with E-state index in [1.807, 2.05) is 0 Å². The highest BCUT2D eigenvalue weighted by atomic mass is 35.5. The van der Waals surface area contributed by atoms with Crippen molar-refractivity contribution < 1.29 is 28.0 Å². The first-order chi connectivity index (χ1) is 17.2. The van der Waals surface area contributed by atoms with Crippen molar-refractivity contribution in [3.8, 4) is 0 Å². The normalized spacial score (nSPS) is 22.7. The molecule has 7 nitrogen and oxygen atoms in total. The Morgan fingerprint density at radius 1 is 1.16 bits per heavy atom. The molecule has 0 bridgehead atoms. The number of imide groups is 1. The molecule has 4 rings (SSSR count). The van der Waals surface area contributed by atoms with E-state index in [2.05, 4.69) is 0 Å². The molecule has 2 aliphatic rings. The lowest BCUT2D eigenvalue weighted by Crippen LogP contribution is -2.66. The second-order valence-electron chi connectivity index (χ2n) is 8.75. The summed E-state index contributed by atoms with van der Waals surface area (Å²) in [5.41, 5.74) is -2.18. The summed E-state index contributed by atoms with van der Waals surface area (Å²) in [5.74, 6) is -11.0. The van der Waals surface area contributed by atoms with Crippen LogP contribution >= 0.6 is 11.6 Å². The molecule has 2 aromatic rings. The van der Waals surface area contributed by atoms with E-state index in [1.54, 1.807) is 0 Å². The van der Waals surface area contributed by atoms with Gasteiger partial charge in [-0.2, -0.15) is 8.78 Å². The van der Waals surface area contributed by atoms with Crippen LogP contribution in [-0.4, -0.2) is 83.1 Å². The van der Waals surface area contributed by atoms with Crippen LogP contribution in [0.3, 0.4) is 0 Å². The maximum atomic E-state index is 14.8. The fourth-order valence-electron chi connectivity index (χ4n) is 4.28. The van der Waals surface area contributed by atoms with E-state index < -0.39 is 52.3 Å². The minimum Gasteiger partial charge on any atom is -0.393 e. The van der Waals surface area contributed by atoms with Crippen molar-refractivity contribution in [1.29, 1.82) is 0 Å². The fraction of sp³-hybridized carbons (Fsp3) is 0.273. The van der Waals surface area contributed by atoms with Crippen LogP contribution in [0.5, 0.6) is 0 Å². The molecule has 2 heterocycles. The molecule has 37 heavy (non-hydrogen) atoms. The SMILES string of the molecule is [B]C(c1ccc2c(c1)CN(C1([B])C(=O)N([B])C(=O)CC1[B])C2=O)N([B])C(=O)C(F)(F)c1ccc(Cl)cc1. The van der Waals surface area contributed by atoms with E-state index in [-0.39, 0.29) is 33.9 Å². The molecule has 0 aliphatic carbocycles. The summed E-state index contributed by atoms with van der Waals surface area (Å²) in [5, 5.41) is 0.205. The Bertz CT molecular complexity index is 1320. The number of piperidine rings is 1. The summed E-state index contributed by atoms with van der Waals surface area (Å²) in [6.07, 6.45) is -0.374. The molecule has 2 aliphatic heterocycles. The number of amides is 4. The van der Waals surface area contributed by atoms with Crippen LogP contribution < -0.4 is 0 Å². The highest BCUT2D eigenvalue weighted by Gasteiger charge is 2.53. The Morgan fingerprint density at radius 3 is 2.41 bits per heavy atom. The van der Waals surface area contributed by atoms with Crippen molar-refractivity contribution >= 4 is 74.7 Å². The molecule has 15 heteroatoms. The Labute approximate surface area is 222 Å². The number of nitrogens with zero attached hydrogens (tertiary/aromatic N) is 3. The van der Waals surface area contributed by atoms with Crippen molar-refractivity contribution in [1.82, 2.24) is 14.5 Å². The van der Waals surface area contributed by atoms with E-state index in [0.29, 0.717) is 10.4 Å². The lowest BCUT2D eigenvalue weighted by atomic mass is 9.55. The third-order valence-corrected chi connectivity index (χ3v) is 6.77. The number of carbonyl (C=O) groups is 4. The van der Waals surface area contributed by atoms with Crippen molar-refractivity contribution in [2.75, 3.05) is 0 Å². The molecule has 10 radical (unpaired) electrons. The smallest absolute Gasteiger partial charge is 0.348 e. The molecule has 0 saturated carbocycles. The molecule has 3 atom stereocenters. The first-order valence-corrected chi connectivity index (χ1v) is 11.2. The van der Waals surface area contributed by atoms with Gasteiger partial charge in [-0.3, -0.25) is 19.2 Å². The van der Waals surface area contributed by atoms with E-state index in [4.69, 9.17) is 51.1 Å². The van der Waals surface area contributed by atoms with E-state index in [0.717, 1.165) is 17.0 Å². The zero-order valence-electron chi connectivity index (χ0n) is 19.1. The van der Waals surface area contributed by atoms with Gasteiger partial charge in [0.1, 0.15) is 15.7 Å². The molecule has 1 saturated heterocycles. The van der Waals surface area contributed by atoms with Gasteiger partial charge in [-0.05, 0) is 35.1 Å². The molecule has 3 unspecified atom stereocenters. The predicted molar refractivity (Wildman–Crippen MR) is 133 cm³/mol. The summed E-state index contributed by atoms with van der Waals surface area (Å²) < 4.78 is 29.6. The second-order valence-corrected chi connectivity index (χ2v) is 9.19. The van der Waals surface area contributed by atoms with Crippen molar-refractivity contribution in [3.63, 3.8) is 0 Å². The number of carbonyl (C=O) groups excluding carboxylic acids is 4. The number of hydrogen-bond acceptors (Lipinski definition) is 4. The number of alkyl halides is 2. The van der Waals surface area contributed by atoms with Crippen LogP contribution in [0.2, 0.25) is 10.8 Å². The van der Waals surface area contributed by atoms with Gasteiger partial charge in [-0.15, -0.1) is 0 Å². The number of benzene rings is 2. The zero-order chi connectivity index (χ0) is 27.4. The third kappa shape index (κ3) is 4.29. The van der Waals surface area contributed by atoms with Gasteiger partial charge in [0.15, 0.2) is 0 Å². The molecule has 1 fully saturated rings. The zero-order valence-corrected chi connectivity index (χ0v) is 19.9. The van der Waals surface area contributed by atoms with E-state index in [1.165, 1.54) is 30.3 Å². The molecule has 0 spiro atoms. The van der Waals surface area contributed by atoms with Crippen LogP contribution in [0.25, 0.3) is 0 Å². The van der Waals surface area contributed by atoms with Crippen LogP contribution in [0.4, 0.5) is 8.78 Å². The van der Waals surface area contributed by atoms with Gasteiger partial charge in [0.25, 0.3) is 11.8 Å². The lowest BCUT2D eigenvalue weighted by Gasteiger charge is -2.48. The molecular weight excluding hydrogens is 498 g/mol. The number of fused-ring (bicyclic) bond motifs is 1. The maximum Gasteiger partial charge on any atom is 0.348 e. The summed E-state index contributed by atoms with van der Waals surface area (Å²) in [6.45, 7) is -0.230. The van der Waals surface area contributed by atoms with Crippen LogP contribution in [0, 0.1) is 0 Å². The van der Waals surface area contributed by atoms with Crippen molar-refractivity contribution in [3.05, 3.63) is 69.7 Å². The molecule has 176 valence electrons. The monoisotopic (exact) mass is 511 g/mol. The number of rotatable bonds is 5. The van der Waals surface area contributed by atoms with Crippen LogP contribution in [0.15, 0.2) is 42.5 Å². The summed E-state index contributed by atoms with van der Waals surface area (Å²) in [4.78, 5) is 51.7. The standard InChI is InChI=1S/C22H13B5ClF2N3O4/c23-15-8-16(34)32(26)19(36)21(15,25)31-9-11-7-10(1-6-14(11)18(31)35)17(24)33(27)20(37)22(29,30)12-2-4-13(28)5-3-12/h1-7,15,17H,8-9H2. The average Bonchev–Trinajstić information content (AvgIpc) is 3.21. The van der Waals surface area contributed by atoms with Gasteiger partial charge >= 0.3 is 5.92 Å². The average molecular weight is 511 g/mol. The Balaban J connectivity index is 1.58. The third-order valence-electron chi connectivity index (χ3n) is 6.52. The fourth-order valence-corrected chi connectivity index (χ4v) is 4.40.